The van der Waals surface area contributed by atoms with Gasteiger partial charge >= 0.3 is 18.0 Å². The van der Waals surface area contributed by atoms with Crippen LogP contribution in [0.5, 0.6) is 0 Å². The maximum Gasteiger partial charge on any atom is 0.416 e. The third-order valence-electron chi connectivity index (χ3n) is 2.98. The molecule has 0 saturated heterocycles. The van der Waals surface area contributed by atoms with Crippen LogP contribution in [0.25, 0.3) is 0 Å². The molecule has 2 rings (SSSR count). The molecule has 0 atom stereocenters. The van der Waals surface area contributed by atoms with E-state index >= 15 is 0 Å². The second kappa shape index (κ2) is 8.20. The number of nitrogens with one attached hydrogen (secondary N) is 2. The molecule has 0 unspecified atom stereocenters. The van der Waals surface area contributed by atoms with Gasteiger partial charge in [0.1, 0.15) is 0 Å². The number of rotatable bonds is 3. The van der Waals surface area contributed by atoms with E-state index < -0.39 is 23.6 Å². The van der Waals surface area contributed by atoms with Crippen LogP contribution in [0.15, 0.2) is 47.6 Å². The summed E-state index contributed by atoms with van der Waals surface area (Å²) >= 11 is 11.6. The summed E-state index contributed by atoms with van der Waals surface area (Å²) in [6, 6.07) is 8.47. The standard InChI is InChI=1S/C16H10Cl2F3N3O2/c17-12-5-4-9(6-13(12)18)8-22-24-15(26)14(25)23-11-3-1-2-10(7-11)16(19,20)21/h1-8H,(H,23,25)(H,24,26)/b22-8+. The van der Waals surface area contributed by atoms with Crippen LogP contribution < -0.4 is 10.7 Å². The molecule has 0 radical (unpaired) electrons. The van der Waals surface area contributed by atoms with Crippen LogP contribution >= 0.6 is 23.2 Å². The summed E-state index contributed by atoms with van der Waals surface area (Å²) in [6.07, 6.45) is -3.34. The van der Waals surface area contributed by atoms with E-state index in [1.54, 1.807) is 6.07 Å². The predicted molar refractivity (Wildman–Crippen MR) is 92.3 cm³/mol. The van der Waals surface area contributed by atoms with Crippen LogP contribution in [-0.4, -0.2) is 18.0 Å². The van der Waals surface area contributed by atoms with Gasteiger partial charge < -0.3 is 5.32 Å². The van der Waals surface area contributed by atoms with Gasteiger partial charge in [-0.25, -0.2) is 5.43 Å². The van der Waals surface area contributed by atoms with Crippen molar-refractivity contribution in [3.63, 3.8) is 0 Å². The topological polar surface area (TPSA) is 70.6 Å². The molecule has 10 heteroatoms. The Morgan fingerprint density at radius 1 is 1.00 bits per heavy atom. The van der Waals surface area contributed by atoms with E-state index in [9.17, 15) is 22.8 Å². The highest BCUT2D eigenvalue weighted by atomic mass is 35.5. The Bertz CT molecular complexity index is 870. The lowest BCUT2D eigenvalue weighted by Crippen LogP contribution is -2.32. The molecule has 5 nitrogen and oxygen atoms in total. The van der Waals surface area contributed by atoms with Crippen molar-refractivity contribution in [2.24, 2.45) is 5.10 Å². The summed E-state index contributed by atoms with van der Waals surface area (Å²) in [5.41, 5.74) is 1.34. The molecule has 26 heavy (non-hydrogen) atoms. The number of nitrogens with zero attached hydrogens (tertiary/aromatic N) is 1. The van der Waals surface area contributed by atoms with Gasteiger partial charge in [0.05, 0.1) is 21.8 Å². The minimum atomic E-state index is -4.56. The molecule has 0 fully saturated rings. The predicted octanol–water partition coefficient (Wildman–Crippen LogP) is 4.10. The number of carbonyl (C=O) groups is 2. The van der Waals surface area contributed by atoms with Crippen LogP contribution in [0.1, 0.15) is 11.1 Å². The Labute approximate surface area is 155 Å². The van der Waals surface area contributed by atoms with E-state index in [4.69, 9.17) is 23.2 Å². The number of amides is 2. The minimum absolute atomic E-state index is 0.173. The molecule has 0 aromatic heterocycles. The normalized spacial score (nSPS) is 11.4. The molecule has 0 aliphatic rings. The number of carbonyl (C=O) groups excluding carboxylic acids is 2. The zero-order valence-electron chi connectivity index (χ0n) is 12.8. The molecule has 2 N–H and O–H groups in total. The lowest BCUT2D eigenvalue weighted by Gasteiger charge is -2.09. The number of hydrogen-bond donors (Lipinski definition) is 2. The average Bonchev–Trinajstić information content (AvgIpc) is 2.57. The van der Waals surface area contributed by atoms with Gasteiger partial charge in [0.2, 0.25) is 0 Å². The molecule has 0 aliphatic carbocycles. The number of hydrazone groups is 1. The highest BCUT2D eigenvalue weighted by molar-refractivity contribution is 6.42. The molecule has 2 aromatic carbocycles. The molecule has 2 aromatic rings. The van der Waals surface area contributed by atoms with Crippen molar-refractivity contribution in [3.05, 3.63) is 63.6 Å². The van der Waals surface area contributed by atoms with Crippen molar-refractivity contribution >= 4 is 46.9 Å². The number of alkyl halides is 3. The quantitative estimate of drug-likeness (QED) is 0.460. The number of anilines is 1. The van der Waals surface area contributed by atoms with Crippen LogP contribution in [0.2, 0.25) is 10.0 Å². The maximum absolute atomic E-state index is 12.6. The van der Waals surface area contributed by atoms with Gasteiger partial charge in [-0.2, -0.15) is 18.3 Å². The first-order valence-corrected chi connectivity index (χ1v) is 7.69. The fourth-order valence-electron chi connectivity index (χ4n) is 1.77. The van der Waals surface area contributed by atoms with Crippen molar-refractivity contribution in [1.82, 2.24) is 5.43 Å². The van der Waals surface area contributed by atoms with Crippen LogP contribution in [0.4, 0.5) is 18.9 Å². The van der Waals surface area contributed by atoms with Gasteiger partial charge in [-0.1, -0.05) is 35.3 Å². The van der Waals surface area contributed by atoms with E-state index in [1.165, 1.54) is 24.4 Å². The van der Waals surface area contributed by atoms with E-state index in [0.717, 1.165) is 12.1 Å². The van der Waals surface area contributed by atoms with Gasteiger partial charge in [-0.05, 0) is 35.9 Å². The molecule has 0 spiro atoms. The summed E-state index contributed by atoms with van der Waals surface area (Å²) in [4.78, 5) is 23.3. The van der Waals surface area contributed by atoms with Gasteiger partial charge in [0.15, 0.2) is 0 Å². The molecule has 0 heterocycles. The Morgan fingerprint density at radius 2 is 1.73 bits per heavy atom. The molecule has 136 valence electrons. The number of benzene rings is 2. The van der Waals surface area contributed by atoms with Crippen molar-refractivity contribution in [2.45, 2.75) is 6.18 Å². The zero-order valence-corrected chi connectivity index (χ0v) is 14.3. The molecular formula is C16H10Cl2F3N3O2. The van der Waals surface area contributed by atoms with E-state index in [2.05, 4.69) is 10.4 Å². The van der Waals surface area contributed by atoms with Gasteiger partial charge in [0, 0.05) is 5.69 Å². The first-order chi connectivity index (χ1) is 12.2. The SMILES string of the molecule is O=C(N/N=C/c1ccc(Cl)c(Cl)c1)C(=O)Nc1cccc(C(F)(F)F)c1. The van der Waals surface area contributed by atoms with Crippen molar-refractivity contribution in [1.29, 1.82) is 0 Å². The summed E-state index contributed by atoms with van der Waals surface area (Å²) in [5, 5.41) is 6.24. The average molecular weight is 404 g/mol. The van der Waals surface area contributed by atoms with Gasteiger partial charge in [-0.15, -0.1) is 0 Å². The van der Waals surface area contributed by atoms with Crippen molar-refractivity contribution < 1.29 is 22.8 Å². The van der Waals surface area contributed by atoms with Crippen molar-refractivity contribution in [2.75, 3.05) is 5.32 Å². The summed E-state index contributed by atoms with van der Waals surface area (Å²) in [5.74, 6) is -2.32. The number of hydrogen-bond acceptors (Lipinski definition) is 3. The molecule has 0 aliphatic heterocycles. The van der Waals surface area contributed by atoms with Crippen LogP contribution in [0, 0.1) is 0 Å². The summed E-state index contributed by atoms with van der Waals surface area (Å²) < 4.78 is 37.8. The van der Waals surface area contributed by atoms with Gasteiger partial charge in [-0.3, -0.25) is 9.59 Å². The maximum atomic E-state index is 12.6. The van der Waals surface area contributed by atoms with E-state index in [1.807, 2.05) is 5.43 Å². The molecule has 2 amide bonds. The molecule has 0 bridgehead atoms. The van der Waals surface area contributed by atoms with Crippen molar-refractivity contribution in [3.8, 4) is 0 Å². The highest BCUT2D eigenvalue weighted by Gasteiger charge is 2.30. The molecular weight excluding hydrogens is 394 g/mol. The smallest absolute Gasteiger partial charge is 0.318 e. The number of halogens is 5. The summed E-state index contributed by atoms with van der Waals surface area (Å²) in [6.45, 7) is 0. The minimum Gasteiger partial charge on any atom is -0.318 e. The first-order valence-electron chi connectivity index (χ1n) is 6.93. The summed E-state index contributed by atoms with van der Waals surface area (Å²) in [7, 11) is 0. The van der Waals surface area contributed by atoms with E-state index in [0.29, 0.717) is 16.7 Å². The Kier molecular flexibility index (Phi) is 6.23. The third kappa shape index (κ3) is 5.47. The largest absolute Gasteiger partial charge is 0.416 e. The van der Waals surface area contributed by atoms with E-state index in [-0.39, 0.29) is 10.7 Å². The fraction of sp³-hybridized carbons (Fsp3) is 0.0625. The lowest BCUT2D eigenvalue weighted by atomic mass is 10.2. The second-order valence-electron chi connectivity index (χ2n) is 4.91. The third-order valence-corrected chi connectivity index (χ3v) is 3.72. The van der Waals surface area contributed by atoms with Gasteiger partial charge in [0.25, 0.3) is 0 Å². The first kappa shape index (κ1) is 19.7. The Hall–Kier alpha value is -2.58. The Balaban J connectivity index is 1.96. The molecule has 0 saturated carbocycles. The fourth-order valence-corrected chi connectivity index (χ4v) is 2.08. The van der Waals surface area contributed by atoms with Crippen LogP contribution in [0.3, 0.4) is 0 Å². The highest BCUT2D eigenvalue weighted by Crippen LogP contribution is 2.30. The van der Waals surface area contributed by atoms with Crippen LogP contribution in [-0.2, 0) is 15.8 Å². The Morgan fingerprint density at radius 3 is 2.38 bits per heavy atom. The lowest BCUT2D eigenvalue weighted by molar-refractivity contribution is -0.137. The second-order valence-corrected chi connectivity index (χ2v) is 5.72. The monoisotopic (exact) mass is 403 g/mol. The zero-order chi connectivity index (χ0) is 19.3.